The molecular formula is C24H29NO9. The number of benzene rings is 1. The van der Waals surface area contributed by atoms with Crippen LogP contribution in [0.2, 0.25) is 0 Å². The fourth-order valence-electron chi connectivity index (χ4n) is 6.65. The van der Waals surface area contributed by atoms with Gasteiger partial charge in [0.1, 0.15) is 30.5 Å². The Morgan fingerprint density at radius 1 is 1.21 bits per heavy atom. The Labute approximate surface area is 196 Å². The van der Waals surface area contributed by atoms with E-state index in [1.807, 2.05) is 19.1 Å². The Morgan fingerprint density at radius 2 is 2.03 bits per heavy atom. The molecule has 1 unspecified atom stereocenters. The zero-order valence-electron chi connectivity index (χ0n) is 18.7. The van der Waals surface area contributed by atoms with Crippen molar-refractivity contribution in [3.8, 4) is 11.5 Å². The highest BCUT2D eigenvalue weighted by Gasteiger charge is 2.64. The molecule has 5 N–H and O–H groups in total. The van der Waals surface area contributed by atoms with E-state index in [-0.39, 0.29) is 17.4 Å². The summed E-state index contributed by atoms with van der Waals surface area (Å²) in [5.74, 6) is 0.121. The minimum atomic E-state index is -1.77. The van der Waals surface area contributed by atoms with E-state index in [0.29, 0.717) is 12.4 Å². The minimum Gasteiger partial charge on any atom is -0.490 e. The molecule has 2 fully saturated rings. The van der Waals surface area contributed by atoms with Crippen LogP contribution < -0.4 is 14.8 Å². The van der Waals surface area contributed by atoms with Crippen molar-refractivity contribution in [2.75, 3.05) is 13.2 Å². The van der Waals surface area contributed by atoms with Crippen LogP contribution in [-0.2, 0) is 26.1 Å². The van der Waals surface area contributed by atoms with E-state index >= 15 is 0 Å². The van der Waals surface area contributed by atoms with Gasteiger partial charge < -0.3 is 44.7 Å². The predicted molar refractivity (Wildman–Crippen MR) is 116 cm³/mol. The van der Waals surface area contributed by atoms with E-state index < -0.39 is 48.9 Å². The van der Waals surface area contributed by atoms with Crippen LogP contribution in [0.15, 0.2) is 24.3 Å². The molecule has 3 aliphatic heterocycles. The maximum Gasteiger partial charge on any atom is 0.335 e. The molecule has 0 aromatic heterocycles. The largest absolute Gasteiger partial charge is 0.490 e. The van der Waals surface area contributed by atoms with Crippen LogP contribution in [0.5, 0.6) is 11.5 Å². The topological polar surface area (TPSA) is 147 Å². The molecule has 1 aromatic carbocycles. The highest BCUT2D eigenvalue weighted by molar-refractivity contribution is 5.73. The Kier molecular flexibility index (Phi) is 5.18. The van der Waals surface area contributed by atoms with E-state index in [1.54, 1.807) is 0 Å². The predicted octanol–water partition coefficient (Wildman–Crippen LogP) is -0.534. The maximum atomic E-state index is 11.5. The van der Waals surface area contributed by atoms with Crippen LogP contribution in [-0.4, -0.2) is 88.5 Å². The number of aliphatic hydroxyl groups is 3. The van der Waals surface area contributed by atoms with Gasteiger partial charge in [-0.3, -0.25) is 0 Å². The number of carbonyl (C=O) groups is 1. The lowest BCUT2D eigenvalue weighted by atomic mass is 9.53. The van der Waals surface area contributed by atoms with E-state index in [2.05, 4.69) is 17.5 Å². The molecule has 10 atom stereocenters. The summed E-state index contributed by atoms with van der Waals surface area (Å²) in [4.78, 5) is 11.5. The van der Waals surface area contributed by atoms with Crippen molar-refractivity contribution in [2.45, 2.75) is 74.1 Å². The molecule has 3 heterocycles. The van der Waals surface area contributed by atoms with Crippen molar-refractivity contribution >= 4 is 5.97 Å². The number of hydrogen-bond donors (Lipinski definition) is 5. The standard InChI is InChI=1S/C24H29NO9/c1-2-31-13-5-3-10-9-12-11-4-6-14(21-24(11,7-8-25-12)15(10)19(13)33-21)32-23-18(28)16(26)17(27)20(34-23)22(29)30/h3-6,11-12,14,16-18,20-21,23,25-28H,2,7-9H2,1H3,(H,29,30)/t11-,12+,14-,16-,17-,18+,20-,21-,23?,24-/m0/s1. The second kappa shape index (κ2) is 7.91. The van der Waals surface area contributed by atoms with Gasteiger partial charge in [-0.05, 0) is 37.9 Å². The number of rotatable bonds is 5. The molecular weight excluding hydrogens is 446 g/mol. The van der Waals surface area contributed by atoms with E-state index in [1.165, 1.54) is 5.56 Å². The highest BCUT2D eigenvalue weighted by atomic mass is 16.7. The van der Waals surface area contributed by atoms with Gasteiger partial charge >= 0.3 is 5.97 Å². The first kappa shape index (κ1) is 22.3. The van der Waals surface area contributed by atoms with Crippen molar-refractivity contribution < 1.29 is 44.2 Å². The van der Waals surface area contributed by atoms with Crippen LogP contribution in [0.3, 0.4) is 0 Å². The molecule has 2 saturated heterocycles. The Hall–Kier alpha value is -2.21. The van der Waals surface area contributed by atoms with Gasteiger partial charge in [-0.1, -0.05) is 18.2 Å². The third-order valence-electron chi connectivity index (χ3n) is 8.05. The molecule has 2 aliphatic carbocycles. The van der Waals surface area contributed by atoms with Crippen molar-refractivity contribution in [3.63, 3.8) is 0 Å². The molecule has 0 radical (unpaired) electrons. The monoisotopic (exact) mass is 475 g/mol. The van der Waals surface area contributed by atoms with Gasteiger partial charge in [0, 0.05) is 22.9 Å². The van der Waals surface area contributed by atoms with Gasteiger partial charge in [0.15, 0.2) is 23.9 Å². The first-order valence-corrected chi connectivity index (χ1v) is 11.8. The van der Waals surface area contributed by atoms with Crippen LogP contribution in [0, 0.1) is 5.92 Å². The molecule has 0 amide bonds. The Balaban J connectivity index is 1.38. The summed E-state index contributed by atoms with van der Waals surface area (Å²) in [6, 6.07) is 4.29. The first-order valence-electron chi connectivity index (χ1n) is 11.8. The average Bonchev–Trinajstić information content (AvgIpc) is 3.16. The summed E-state index contributed by atoms with van der Waals surface area (Å²) in [7, 11) is 0. The van der Waals surface area contributed by atoms with Crippen molar-refractivity contribution in [2.24, 2.45) is 5.92 Å². The smallest absolute Gasteiger partial charge is 0.335 e. The van der Waals surface area contributed by atoms with Gasteiger partial charge in [0.05, 0.1) is 6.61 Å². The summed E-state index contributed by atoms with van der Waals surface area (Å²) in [5.41, 5.74) is 1.99. The van der Waals surface area contributed by atoms with Gasteiger partial charge in [-0.2, -0.15) is 0 Å². The number of aliphatic hydroxyl groups excluding tert-OH is 3. The molecule has 0 saturated carbocycles. The summed E-state index contributed by atoms with van der Waals surface area (Å²) in [6.07, 6.45) is -3.77. The number of ether oxygens (including phenoxy) is 4. The van der Waals surface area contributed by atoms with Gasteiger partial charge in [0.25, 0.3) is 0 Å². The maximum absolute atomic E-state index is 11.5. The van der Waals surface area contributed by atoms with Crippen LogP contribution in [0.4, 0.5) is 0 Å². The first-order chi connectivity index (χ1) is 16.4. The fraction of sp³-hybridized carbons (Fsp3) is 0.625. The number of aliphatic carboxylic acids is 1. The van der Waals surface area contributed by atoms with Gasteiger partial charge in [-0.15, -0.1) is 0 Å². The normalized spacial score (nSPS) is 43.7. The van der Waals surface area contributed by atoms with Crippen molar-refractivity contribution in [3.05, 3.63) is 35.4 Å². The minimum absolute atomic E-state index is 0.174. The quantitative estimate of drug-likeness (QED) is 0.352. The van der Waals surface area contributed by atoms with Crippen LogP contribution in [0.25, 0.3) is 0 Å². The molecule has 10 heteroatoms. The molecule has 184 valence electrons. The second-order valence-corrected chi connectivity index (χ2v) is 9.70. The number of hydrogen-bond acceptors (Lipinski definition) is 9. The highest BCUT2D eigenvalue weighted by Crippen LogP contribution is 2.61. The van der Waals surface area contributed by atoms with E-state index in [0.717, 1.165) is 30.7 Å². The summed E-state index contributed by atoms with van der Waals surface area (Å²) in [5, 5.41) is 43.7. The lowest BCUT2D eigenvalue weighted by Gasteiger charge is -2.54. The summed E-state index contributed by atoms with van der Waals surface area (Å²) >= 11 is 0. The third kappa shape index (κ3) is 2.93. The summed E-state index contributed by atoms with van der Waals surface area (Å²) in [6.45, 7) is 3.23. The van der Waals surface area contributed by atoms with E-state index in [9.17, 15) is 25.2 Å². The average molecular weight is 475 g/mol. The third-order valence-corrected chi connectivity index (χ3v) is 8.05. The Morgan fingerprint density at radius 3 is 2.79 bits per heavy atom. The molecule has 2 bridgehead atoms. The van der Waals surface area contributed by atoms with Gasteiger partial charge in [-0.25, -0.2) is 4.79 Å². The zero-order chi connectivity index (χ0) is 23.8. The number of nitrogens with one attached hydrogen (secondary N) is 1. The molecule has 6 rings (SSSR count). The molecule has 5 aliphatic rings. The van der Waals surface area contributed by atoms with Crippen LogP contribution >= 0.6 is 0 Å². The number of piperidine rings is 1. The van der Waals surface area contributed by atoms with Crippen LogP contribution in [0.1, 0.15) is 24.5 Å². The number of carboxylic acid groups (broad SMARTS) is 1. The summed E-state index contributed by atoms with van der Waals surface area (Å²) < 4.78 is 24.0. The lowest BCUT2D eigenvalue weighted by molar-refractivity contribution is -0.307. The van der Waals surface area contributed by atoms with Gasteiger partial charge in [0.2, 0.25) is 0 Å². The lowest BCUT2D eigenvalue weighted by Crippen LogP contribution is -2.66. The molecule has 1 aromatic rings. The molecule has 1 spiro atoms. The SMILES string of the molecule is CCOc1ccc2c3c1O[C@H]1[C@@H](OC4O[C@H](C(=O)O)[C@@H](O)[C@H](O)[C@H]4O)C=C[C@H]4[C@@H](C2)NCC[C@@]341. The molecule has 34 heavy (non-hydrogen) atoms. The van der Waals surface area contributed by atoms with Crippen molar-refractivity contribution in [1.82, 2.24) is 5.32 Å². The Bertz CT molecular complexity index is 1030. The van der Waals surface area contributed by atoms with E-state index in [4.69, 9.17) is 18.9 Å². The number of carboxylic acids is 1. The molecule has 10 nitrogen and oxygen atoms in total. The van der Waals surface area contributed by atoms with Crippen molar-refractivity contribution in [1.29, 1.82) is 0 Å². The second-order valence-electron chi connectivity index (χ2n) is 9.70. The zero-order valence-corrected chi connectivity index (χ0v) is 18.7. The fourth-order valence-corrected chi connectivity index (χ4v) is 6.65.